The Morgan fingerprint density at radius 1 is 1.39 bits per heavy atom. The normalized spacial score (nSPS) is 20.4. The highest BCUT2D eigenvalue weighted by atomic mass is 32.1. The Morgan fingerprint density at radius 2 is 2.13 bits per heavy atom. The molecule has 0 bridgehead atoms. The zero-order valence-corrected chi connectivity index (χ0v) is 13.8. The third-order valence-electron chi connectivity index (χ3n) is 3.78. The predicted octanol–water partition coefficient (Wildman–Crippen LogP) is 2.95. The zero-order valence-electron chi connectivity index (χ0n) is 12.9. The van der Waals surface area contributed by atoms with Gasteiger partial charge < -0.3 is 10.6 Å². The number of thiazole rings is 1. The fourth-order valence-corrected chi connectivity index (χ4v) is 3.26. The van der Waals surface area contributed by atoms with E-state index in [0.717, 1.165) is 10.7 Å². The summed E-state index contributed by atoms with van der Waals surface area (Å²) in [5, 5.41) is 9.34. The van der Waals surface area contributed by atoms with E-state index in [1.807, 2.05) is 12.3 Å². The van der Waals surface area contributed by atoms with E-state index in [2.05, 4.69) is 20.6 Å². The number of aromatic nitrogens is 1. The second-order valence-electron chi connectivity index (χ2n) is 5.54. The molecule has 2 N–H and O–H groups in total. The Kier molecular flexibility index (Phi) is 4.56. The van der Waals surface area contributed by atoms with Crippen LogP contribution in [-0.2, 0) is 6.54 Å². The van der Waals surface area contributed by atoms with Crippen LogP contribution in [0.2, 0.25) is 0 Å². The Hall–Kier alpha value is -2.02. The van der Waals surface area contributed by atoms with E-state index in [-0.39, 0.29) is 17.5 Å². The molecule has 0 amide bonds. The number of nitrogens with zero attached hydrogens (tertiary/aromatic N) is 2. The maximum atomic E-state index is 13.8. The SMILES string of the molecule is CN=C(NCc1nc(C)cs1)NC1CC1c1c(F)cccc1F. The van der Waals surface area contributed by atoms with Crippen LogP contribution in [0.4, 0.5) is 8.78 Å². The first-order chi connectivity index (χ1) is 11.1. The molecular formula is C16H18F2N4S. The first-order valence-corrected chi connectivity index (χ1v) is 8.28. The molecule has 1 aromatic carbocycles. The minimum Gasteiger partial charge on any atom is -0.353 e. The first-order valence-electron chi connectivity index (χ1n) is 7.40. The summed E-state index contributed by atoms with van der Waals surface area (Å²) in [4.78, 5) is 8.52. The Balaban J connectivity index is 1.57. The van der Waals surface area contributed by atoms with Gasteiger partial charge in [0.05, 0.1) is 6.54 Å². The molecule has 0 saturated heterocycles. The first kappa shape index (κ1) is 15.9. The van der Waals surface area contributed by atoms with Gasteiger partial charge in [0.1, 0.15) is 16.6 Å². The molecular weight excluding hydrogens is 318 g/mol. The molecule has 1 aliphatic carbocycles. The molecule has 2 unspecified atom stereocenters. The van der Waals surface area contributed by atoms with Crippen molar-refractivity contribution in [2.75, 3.05) is 7.05 Å². The number of aryl methyl sites for hydroxylation is 1. The minimum absolute atomic E-state index is 0.00867. The van der Waals surface area contributed by atoms with Gasteiger partial charge >= 0.3 is 0 Å². The molecule has 1 heterocycles. The molecule has 3 rings (SSSR count). The standard InChI is InChI=1S/C16H18F2N4S/c1-9-8-23-14(21-9)7-20-16(19-2)22-13-6-10(13)15-11(17)4-3-5-12(15)18/h3-5,8,10,13H,6-7H2,1-2H3,(H2,19,20,22). The van der Waals surface area contributed by atoms with E-state index in [0.29, 0.717) is 18.9 Å². The van der Waals surface area contributed by atoms with E-state index in [9.17, 15) is 8.78 Å². The molecule has 0 aliphatic heterocycles. The van der Waals surface area contributed by atoms with Crippen molar-refractivity contribution in [3.63, 3.8) is 0 Å². The van der Waals surface area contributed by atoms with Crippen molar-refractivity contribution in [2.45, 2.75) is 31.8 Å². The second-order valence-corrected chi connectivity index (χ2v) is 6.48. The van der Waals surface area contributed by atoms with Gasteiger partial charge in [-0.2, -0.15) is 0 Å². The average Bonchev–Trinajstić information content (AvgIpc) is 3.14. The lowest BCUT2D eigenvalue weighted by molar-refractivity contribution is 0.553. The van der Waals surface area contributed by atoms with Crippen molar-refractivity contribution in [1.82, 2.24) is 15.6 Å². The van der Waals surface area contributed by atoms with Gasteiger partial charge in [-0.3, -0.25) is 4.99 Å². The van der Waals surface area contributed by atoms with Crippen molar-refractivity contribution < 1.29 is 8.78 Å². The van der Waals surface area contributed by atoms with Crippen LogP contribution in [0.1, 0.15) is 28.6 Å². The van der Waals surface area contributed by atoms with Crippen LogP contribution in [0.5, 0.6) is 0 Å². The van der Waals surface area contributed by atoms with E-state index in [1.165, 1.54) is 18.2 Å². The highest BCUT2D eigenvalue weighted by Gasteiger charge is 2.42. The molecule has 4 nitrogen and oxygen atoms in total. The van der Waals surface area contributed by atoms with E-state index >= 15 is 0 Å². The minimum atomic E-state index is -0.486. The van der Waals surface area contributed by atoms with Gasteiger partial charge in [-0.15, -0.1) is 11.3 Å². The predicted molar refractivity (Wildman–Crippen MR) is 87.7 cm³/mol. The van der Waals surface area contributed by atoms with Crippen LogP contribution in [0, 0.1) is 18.6 Å². The fourth-order valence-electron chi connectivity index (χ4n) is 2.55. The molecule has 0 spiro atoms. The summed E-state index contributed by atoms with van der Waals surface area (Å²) < 4.78 is 27.6. The Labute approximate surface area is 137 Å². The Morgan fingerprint density at radius 3 is 2.74 bits per heavy atom. The van der Waals surface area contributed by atoms with E-state index < -0.39 is 11.6 Å². The quantitative estimate of drug-likeness (QED) is 0.667. The van der Waals surface area contributed by atoms with E-state index in [4.69, 9.17) is 0 Å². The zero-order chi connectivity index (χ0) is 16.4. The van der Waals surface area contributed by atoms with Gasteiger partial charge in [-0.1, -0.05) is 6.07 Å². The number of aliphatic imine (C=N–C) groups is 1. The van der Waals surface area contributed by atoms with Crippen LogP contribution in [0.25, 0.3) is 0 Å². The highest BCUT2D eigenvalue weighted by molar-refractivity contribution is 7.09. The summed E-state index contributed by atoms with van der Waals surface area (Å²) in [5.74, 6) is -0.514. The van der Waals surface area contributed by atoms with Gasteiger partial charge in [0.2, 0.25) is 0 Å². The maximum Gasteiger partial charge on any atom is 0.191 e. The summed E-state index contributed by atoms with van der Waals surface area (Å²) in [6, 6.07) is 3.97. The third-order valence-corrected chi connectivity index (χ3v) is 4.75. The van der Waals surface area contributed by atoms with E-state index in [1.54, 1.807) is 18.4 Å². The summed E-state index contributed by atoms with van der Waals surface area (Å²) >= 11 is 1.58. The molecule has 1 saturated carbocycles. The summed E-state index contributed by atoms with van der Waals surface area (Å²) in [6.07, 6.45) is 0.689. The molecule has 122 valence electrons. The number of guanidine groups is 1. The van der Waals surface area contributed by atoms with Crippen LogP contribution >= 0.6 is 11.3 Å². The van der Waals surface area contributed by atoms with Crippen molar-refractivity contribution in [1.29, 1.82) is 0 Å². The smallest absolute Gasteiger partial charge is 0.191 e. The molecule has 1 aromatic heterocycles. The van der Waals surface area contributed by atoms with Gasteiger partial charge in [0.25, 0.3) is 0 Å². The highest BCUT2D eigenvalue weighted by Crippen LogP contribution is 2.43. The number of hydrogen-bond donors (Lipinski definition) is 2. The lowest BCUT2D eigenvalue weighted by atomic mass is 10.1. The van der Waals surface area contributed by atoms with Crippen molar-refractivity contribution in [3.8, 4) is 0 Å². The van der Waals surface area contributed by atoms with Gasteiger partial charge in [0, 0.05) is 35.6 Å². The van der Waals surface area contributed by atoms with Gasteiger partial charge in [-0.05, 0) is 25.5 Å². The topological polar surface area (TPSA) is 49.3 Å². The summed E-state index contributed by atoms with van der Waals surface area (Å²) in [6.45, 7) is 2.52. The van der Waals surface area contributed by atoms with Crippen molar-refractivity contribution in [2.24, 2.45) is 4.99 Å². The third kappa shape index (κ3) is 3.67. The fraction of sp³-hybridized carbons (Fsp3) is 0.375. The molecule has 2 atom stereocenters. The molecule has 2 aromatic rings. The Bertz CT molecular complexity index is 708. The molecule has 1 fully saturated rings. The van der Waals surface area contributed by atoms with Crippen LogP contribution in [0.3, 0.4) is 0 Å². The monoisotopic (exact) mass is 336 g/mol. The number of nitrogens with one attached hydrogen (secondary N) is 2. The molecule has 23 heavy (non-hydrogen) atoms. The summed E-state index contributed by atoms with van der Waals surface area (Å²) in [7, 11) is 1.67. The van der Waals surface area contributed by atoms with Gasteiger partial charge in [0.15, 0.2) is 5.96 Å². The van der Waals surface area contributed by atoms with Crippen LogP contribution < -0.4 is 10.6 Å². The second kappa shape index (κ2) is 6.62. The number of hydrogen-bond acceptors (Lipinski definition) is 3. The largest absolute Gasteiger partial charge is 0.353 e. The van der Waals surface area contributed by atoms with Crippen molar-refractivity contribution in [3.05, 3.63) is 51.5 Å². The maximum absolute atomic E-state index is 13.8. The molecule has 1 aliphatic rings. The number of benzene rings is 1. The lowest BCUT2D eigenvalue weighted by Gasteiger charge is -2.11. The van der Waals surface area contributed by atoms with Crippen LogP contribution in [-0.4, -0.2) is 24.0 Å². The lowest BCUT2D eigenvalue weighted by Crippen LogP contribution is -2.38. The molecule has 7 heteroatoms. The molecule has 0 radical (unpaired) electrons. The van der Waals surface area contributed by atoms with Crippen LogP contribution in [0.15, 0.2) is 28.6 Å². The van der Waals surface area contributed by atoms with Gasteiger partial charge in [-0.25, -0.2) is 13.8 Å². The van der Waals surface area contributed by atoms with Crippen molar-refractivity contribution >= 4 is 17.3 Å². The average molecular weight is 336 g/mol. The summed E-state index contributed by atoms with van der Waals surface area (Å²) in [5.41, 5.74) is 1.16. The number of halogens is 2. The number of rotatable bonds is 4.